The molecule has 1 aliphatic carbocycles. The molecule has 3 rings (SSSR count). The fourth-order valence-corrected chi connectivity index (χ4v) is 4.05. The van der Waals surface area contributed by atoms with E-state index < -0.39 is 5.60 Å². The van der Waals surface area contributed by atoms with E-state index in [1.807, 2.05) is 25.7 Å². The number of hydrogen-bond acceptors (Lipinski definition) is 2. The van der Waals surface area contributed by atoms with Gasteiger partial charge in [-0.1, -0.05) is 22.0 Å². The van der Waals surface area contributed by atoms with Gasteiger partial charge in [-0.2, -0.15) is 0 Å². The molecule has 0 N–H and O–H groups in total. The van der Waals surface area contributed by atoms with Crippen LogP contribution in [0.4, 0.5) is 4.79 Å². The molecular weight excluding hydrogens is 342 g/mol. The molecule has 1 aliphatic heterocycles. The summed E-state index contributed by atoms with van der Waals surface area (Å²) in [6.07, 6.45) is 4.26. The molecule has 0 atom stereocenters. The van der Waals surface area contributed by atoms with Crippen LogP contribution in [0.15, 0.2) is 22.7 Å². The number of amides is 1. The number of ether oxygens (including phenoxy) is 1. The molecule has 0 bridgehead atoms. The molecule has 1 spiro atoms. The van der Waals surface area contributed by atoms with Crippen LogP contribution in [0.1, 0.15) is 44.7 Å². The summed E-state index contributed by atoms with van der Waals surface area (Å²) in [6, 6.07) is 6.63. The van der Waals surface area contributed by atoms with E-state index in [9.17, 15) is 4.79 Å². The summed E-state index contributed by atoms with van der Waals surface area (Å²) in [6.45, 7) is 7.37. The second-order valence-corrected chi connectivity index (χ2v) is 8.65. The lowest BCUT2D eigenvalue weighted by atomic mass is 9.76. The minimum atomic E-state index is -0.415. The molecule has 3 nitrogen and oxygen atoms in total. The Morgan fingerprint density at radius 2 is 1.82 bits per heavy atom. The summed E-state index contributed by atoms with van der Waals surface area (Å²) in [5, 5.41) is 0. The lowest BCUT2D eigenvalue weighted by Gasteiger charge is -2.39. The second-order valence-electron chi connectivity index (χ2n) is 7.73. The molecule has 0 unspecified atom stereocenters. The maximum Gasteiger partial charge on any atom is 0.410 e. The van der Waals surface area contributed by atoms with E-state index in [0.717, 1.165) is 43.2 Å². The van der Waals surface area contributed by atoms with Gasteiger partial charge in [-0.3, -0.25) is 0 Å². The SMILES string of the molecule is CC(C)(C)OC(=O)N1CCC2(CC1)Cc1ccc(Br)cc1C2. The maximum absolute atomic E-state index is 12.2. The summed E-state index contributed by atoms with van der Waals surface area (Å²) < 4.78 is 6.65. The number of piperidine rings is 1. The summed E-state index contributed by atoms with van der Waals surface area (Å²) in [5.74, 6) is 0. The van der Waals surface area contributed by atoms with Gasteiger partial charge in [0.1, 0.15) is 5.60 Å². The van der Waals surface area contributed by atoms with Crippen LogP contribution in [-0.4, -0.2) is 29.7 Å². The van der Waals surface area contributed by atoms with Gasteiger partial charge >= 0.3 is 6.09 Å². The van der Waals surface area contributed by atoms with Crippen molar-refractivity contribution in [1.29, 1.82) is 0 Å². The summed E-state index contributed by atoms with van der Waals surface area (Å²) >= 11 is 3.56. The highest BCUT2D eigenvalue weighted by Crippen LogP contribution is 2.45. The van der Waals surface area contributed by atoms with Crippen molar-refractivity contribution in [3.63, 3.8) is 0 Å². The minimum absolute atomic E-state index is 0.166. The molecule has 0 aromatic heterocycles. The number of likely N-dealkylation sites (tertiary alicyclic amines) is 1. The average Bonchev–Trinajstić information content (AvgIpc) is 2.74. The van der Waals surface area contributed by atoms with Crippen LogP contribution < -0.4 is 0 Å². The number of nitrogens with zero attached hydrogens (tertiary/aromatic N) is 1. The first kappa shape index (κ1) is 15.9. The second kappa shape index (κ2) is 5.55. The number of benzene rings is 1. The molecule has 22 heavy (non-hydrogen) atoms. The molecule has 1 saturated heterocycles. The van der Waals surface area contributed by atoms with Gasteiger partial charge in [0, 0.05) is 17.6 Å². The Balaban J connectivity index is 1.62. The van der Waals surface area contributed by atoms with E-state index >= 15 is 0 Å². The Labute approximate surface area is 141 Å². The van der Waals surface area contributed by atoms with Crippen LogP contribution in [0.5, 0.6) is 0 Å². The minimum Gasteiger partial charge on any atom is -0.444 e. The number of rotatable bonds is 0. The molecule has 0 saturated carbocycles. The highest BCUT2D eigenvalue weighted by atomic mass is 79.9. The molecule has 1 heterocycles. The zero-order valence-corrected chi connectivity index (χ0v) is 15.2. The quantitative estimate of drug-likeness (QED) is 0.673. The normalized spacial score (nSPS) is 20.1. The van der Waals surface area contributed by atoms with Crippen LogP contribution >= 0.6 is 15.9 Å². The molecule has 1 fully saturated rings. The summed E-state index contributed by atoms with van der Waals surface area (Å²) in [4.78, 5) is 14.0. The lowest BCUT2D eigenvalue weighted by molar-refractivity contribution is 0.0111. The highest BCUT2D eigenvalue weighted by molar-refractivity contribution is 9.10. The van der Waals surface area contributed by atoms with E-state index in [4.69, 9.17) is 4.74 Å². The number of fused-ring (bicyclic) bond motifs is 1. The Bertz CT molecular complexity index is 583. The fourth-order valence-electron chi connectivity index (χ4n) is 3.65. The summed E-state index contributed by atoms with van der Waals surface area (Å²) in [7, 11) is 0. The first-order valence-corrected chi connectivity index (χ1v) is 8.81. The van der Waals surface area contributed by atoms with Crippen molar-refractivity contribution >= 4 is 22.0 Å². The van der Waals surface area contributed by atoms with Gasteiger partial charge < -0.3 is 9.64 Å². The van der Waals surface area contributed by atoms with Crippen LogP contribution in [0.25, 0.3) is 0 Å². The first-order valence-electron chi connectivity index (χ1n) is 8.02. The lowest BCUT2D eigenvalue weighted by Crippen LogP contribution is -2.45. The largest absolute Gasteiger partial charge is 0.444 e. The molecule has 4 heteroatoms. The van der Waals surface area contributed by atoms with Gasteiger partial charge in [0.05, 0.1) is 0 Å². The van der Waals surface area contributed by atoms with E-state index in [0.29, 0.717) is 5.41 Å². The maximum atomic E-state index is 12.2. The molecular formula is C18H24BrNO2. The van der Waals surface area contributed by atoms with E-state index in [-0.39, 0.29) is 6.09 Å². The number of halogens is 1. The van der Waals surface area contributed by atoms with Crippen molar-refractivity contribution in [1.82, 2.24) is 4.90 Å². The molecule has 1 aromatic carbocycles. The Morgan fingerprint density at radius 1 is 1.18 bits per heavy atom. The monoisotopic (exact) mass is 365 g/mol. The summed E-state index contributed by atoms with van der Waals surface area (Å²) in [5.41, 5.74) is 2.89. The molecule has 0 radical (unpaired) electrons. The van der Waals surface area contributed by atoms with Crippen molar-refractivity contribution in [3.8, 4) is 0 Å². The topological polar surface area (TPSA) is 29.5 Å². The number of carbonyl (C=O) groups excluding carboxylic acids is 1. The molecule has 2 aliphatic rings. The highest BCUT2D eigenvalue weighted by Gasteiger charge is 2.41. The third kappa shape index (κ3) is 3.32. The van der Waals surface area contributed by atoms with E-state index in [2.05, 4.69) is 34.1 Å². The van der Waals surface area contributed by atoms with Crippen molar-refractivity contribution in [3.05, 3.63) is 33.8 Å². The zero-order valence-electron chi connectivity index (χ0n) is 13.6. The fraction of sp³-hybridized carbons (Fsp3) is 0.611. The number of carbonyl (C=O) groups is 1. The van der Waals surface area contributed by atoms with Crippen molar-refractivity contribution < 1.29 is 9.53 Å². The van der Waals surface area contributed by atoms with Crippen molar-refractivity contribution in [2.75, 3.05) is 13.1 Å². The number of hydrogen-bond donors (Lipinski definition) is 0. The van der Waals surface area contributed by atoms with Gasteiger partial charge in [0.25, 0.3) is 0 Å². The van der Waals surface area contributed by atoms with Gasteiger partial charge in [-0.05, 0) is 75.1 Å². The molecule has 120 valence electrons. The average molecular weight is 366 g/mol. The van der Waals surface area contributed by atoms with Crippen LogP contribution in [0.3, 0.4) is 0 Å². The van der Waals surface area contributed by atoms with E-state index in [1.54, 1.807) is 0 Å². The van der Waals surface area contributed by atoms with Gasteiger partial charge in [0.15, 0.2) is 0 Å². The van der Waals surface area contributed by atoms with Gasteiger partial charge in [0.2, 0.25) is 0 Å². The van der Waals surface area contributed by atoms with Crippen molar-refractivity contribution in [2.24, 2.45) is 5.41 Å². The van der Waals surface area contributed by atoms with E-state index in [1.165, 1.54) is 11.1 Å². The third-order valence-electron chi connectivity index (χ3n) is 4.78. The molecule has 1 amide bonds. The van der Waals surface area contributed by atoms with Crippen LogP contribution in [0, 0.1) is 5.41 Å². The first-order chi connectivity index (χ1) is 10.3. The Kier molecular flexibility index (Phi) is 4.00. The Morgan fingerprint density at radius 3 is 2.45 bits per heavy atom. The van der Waals surface area contributed by atoms with Crippen molar-refractivity contribution in [2.45, 2.75) is 52.1 Å². The van der Waals surface area contributed by atoms with Gasteiger partial charge in [-0.15, -0.1) is 0 Å². The Hall–Kier alpha value is -1.03. The predicted octanol–water partition coefficient (Wildman–Crippen LogP) is 4.57. The smallest absolute Gasteiger partial charge is 0.410 e. The zero-order chi connectivity index (χ0) is 16.0. The standard InChI is InChI=1S/C18H24BrNO2/c1-17(2,3)22-16(21)20-8-6-18(7-9-20)11-13-4-5-15(19)10-14(13)12-18/h4-5,10H,6-9,11-12H2,1-3H3. The van der Waals surface area contributed by atoms with Gasteiger partial charge in [-0.25, -0.2) is 4.79 Å². The van der Waals surface area contributed by atoms with Crippen LogP contribution in [0.2, 0.25) is 0 Å². The third-order valence-corrected chi connectivity index (χ3v) is 5.27. The molecule has 1 aromatic rings. The van der Waals surface area contributed by atoms with Crippen LogP contribution in [-0.2, 0) is 17.6 Å². The predicted molar refractivity (Wildman–Crippen MR) is 91.0 cm³/mol.